The normalized spacial score (nSPS) is 19.8. The number of nitrogens with one attached hydrogen (secondary N) is 2. The minimum atomic E-state index is -1.01. The SMILES string of the molecule is CCC1CCC(NC(=O)C(CCC(=O)O)NC(=O)OCC2c3ccccc3-c3ccccc32)CC1. The summed E-state index contributed by atoms with van der Waals surface area (Å²) in [5.74, 6) is -0.751. The average molecular weight is 479 g/mol. The number of carboxylic acids is 1. The van der Waals surface area contributed by atoms with Gasteiger partial charge in [-0.2, -0.15) is 0 Å². The smallest absolute Gasteiger partial charge is 0.407 e. The maximum Gasteiger partial charge on any atom is 0.407 e. The molecule has 0 bridgehead atoms. The van der Waals surface area contributed by atoms with E-state index in [-0.39, 0.29) is 37.3 Å². The van der Waals surface area contributed by atoms with Gasteiger partial charge in [0.25, 0.3) is 0 Å². The molecule has 1 saturated carbocycles. The van der Waals surface area contributed by atoms with E-state index in [1.54, 1.807) is 0 Å². The molecule has 0 radical (unpaired) electrons. The zero-order valence-electron chi connectivity index (χ0n) is 20.2. The topological polar surface area (TPSA) is 105 Å². The van der Waals surface area contributed by atoms with Crippen molar-refractivity contribution in [2.45, 2.75) is 69.9 Å². The maximum absolute atomic E-state index is 12.9. The fraction of sp³-hybridized carbons (Fsp3) is 0.464. The van der Waals surface area contributed by atoms with E-state index in [4.69, 9.17) is 9.84 Å². The molecule has 4 rings (SSSR count). The Morgan fingerprint density at radius 3 is 2.14 bits per heavy atom. The molecule has 0 heterocycles. The number of hydrogen-bond donors (Lipinski definition) is 3. The van der Waals surface area contributed by atoms with E-state index < -0.39 is 18.1 Å². The second-order valence-electron chi connectivity index (χ2n) is 9.59. The van der Waals surface area contributed by atoms with Gasteiger partial charge in [-0.15, -0.1) is 0 Å². The fourth-order valence-corrected chi connectivity index (χ4v) is 5.34. The molecule has 1 atom stereocenters. The van der Waals surface area contributed by atoms with Crippen molar-refractivity contribution in [1.29, 1.82) is 0 Å². The summed E-state index contributed by atoms with van der Waals surface area (Å²) >= 11 is 0. The van der Waals surface area contributed by atoms with Crippen molar-refractivity contribution in [2.75, 3.05) is 6.61 Å². The number of alkyl carbamates (subject to hydrolysis) is 1. The highest BCUT2D eigenvalue weighted by molar-refractivity contribution is 5.86. The summed E-state index contributed by atoms with van der Waals surface area (Å²) in [6.07, 6.45) is 4.17. The van der Waals surface area contributed by atoms with Gasteiger partial charge < -0.3 is 20.5 Å². The van der Waals surface area contributed by atoms with Gasteiger partial charge in [-0.05, 0) is 60.3 Å². The molecule has 186 valence electrons. The van der Waals surface area contributed by atoms with Crippen molar-refractivity contribution in [2.24, 2.45) is 5.92 Å². The summed E-state index contributed by atoms with van der Waals surface area (Å²) in [7, 11) is 0. The highest BCUT2D eigenvalue weighted by Crippen LogP contribution is 2.44. The molecule has 2 aromatic carbocycles. The van der Waals surface area contributed by atoms with Gasteiger partial charge in [0.15, 0.2) is 0 Å². The standard InChI is InChI=1S/C28H34N2O5/c1-2-18-11-13-19(14-12-18)29-27(33)25(15-16-26(31)32)30-28(34)35-17-24-22-9-5-3-7-20(22)21-8-4-6-10-23(21)24/h3-10,18-19,24-25H,2,11-17H2,1H3,(H,29,33)(H,30,34)(H,31,32). The molecule has 3 N–H and O–H groups in total. The molecule has 0 aromatic heterocycles. The van der Waals surface area contributed by atoms with Crippen LogP contribution < -0.4 is 10.6 Å². The Morgan fingerprint density at radius 1 is 0.971 bits per heavy atom. The molecule has 7 heteroatoms. The van der Waals surface area contributed by atoms with Crippen molar-refractivity contribution in [3.8, 4) is 11.1 Å². The lowest BCUT2D eigenvalue weighted by Crippen LogP contribution is -2.50. The molecule has 0 saturated heterocycles. The Labute approximate surface area is 206 Å². The highest BCUT2D eigenvalue weighted by atomic mass is 16.5. The molecule has 1 unspecified atom stereocenters. The molecule has 2 aliphatic rings. The minimum Gasteiger partial charge on any atom is -0.481 e. The first kappa shape index (κ1) is 24.8. The van der Waals surface area contributed by atoms with E-state index in [0.29, 0.717) is 5.92 Å². The van der Waals surface area contributed by atoms with Crippen LogP contribution in [-0.2, 0) is 14.3 Å². The quantitative estimate of drug-likeness (QED) is 0.478. The van der Waals surface area contributed by atoms with Crippen molar-refractivity contribution in [1.82, 2.24) is 10.6 Å². The van der Waals surface area contributed by atoms with E-state index in [1.165, 1.54) is 0 Å². The lowest BCUT2D eigenvalue weighted by atomic mass is 9.84. The third-order valence-electron chi connectivity index (χ3n) is 7.37. The Kier molecular flexibility index (Phi) is 8.06. The van der Waals surface area contributed by atoms with Crippen molar-refractivity contribution in [3.05, 3.63) is 59.7 Å². The van der Waals surface area contributed by atoms with Crippen LogP contribution in [0.1, 0.15) is 68.9 Å². The lowest BCUT2D eigenvalue weighted by molar-refractivity contribution is -0.137. The van der Waals surface area contributed by atoms with Gasteiger partial charge in [0.1, 0.15) is 12.6 Å². The second-order valence-corrected chi connectivity index (χ2v) is 9.59. The zero-order chi connectivity index (χ0) is 24.8. The molecule has 1 fully saturated rings. The number of ether oxygens (including phenoxy) is 1. The van der Waals surface area contributed by atoms with Gasteiger partial charge >= 0.3 is 12.1 Å². The highest BCUT2D eigenvalue weighted by Gasteiger charge is 2.30. The molecule has 35 heavy (non-hydrogen) atoms. The third kappa shape index (κ3) is 6.02. The number of rotatable bonds is 9. The Morgan fingerprint density at radius 2 is 1.57 bits per heavy atom. The van der Waals surface area contributed by atoms with Gasteiger partial charge in [0, 0.05) is 18.4 Å². The van der Waals surface area contributed by atoms with E-state index in [2.05, 4.69) is 29.7 Å². The van der Waals surface area contributed by atoms with Gasteiger partial charge in [-0.1, -0.05) is 61.9 Å². The first-order chi connectivity index (χ1) is 17.0. The van der Waals surface area contributed by atoms with Gasteiger partial charge in [-0.25, -0.2) is 4.79 Å². The van der Waals surface area contributed by atoms with Crippen LogP contribution in [0, 0.1) is 5.92 Å². The number of benzene rings is 2. The van der Waals surface area contributed by atoms with Crippen LogP contribution in [-0.4, -0.2) is 41.8 Å². The van der Waals surface area contributed by atoms with Crippen LogP contribution in [0.5, 0.6) is 0 Å². The number of carbonyl (C=O) groups is 3. The monoisotopic (exact) mass is 478 g/mol. The van der Waals surface area contributed by atoms with Crippen LogP contribution >= 0.6 is 0 Å². The summed E-state index contributed by atoms with van der Waals surface area (Å²) in [6, 6.07) is 15.2. The van der Waals surface area contributed by atoms with E-state index >= 15 is 0 Å². The average Bonchev–Trinajstić information content (AvgIpc) is 3.19. The van der Waals surface area contributed by atoms with Gasteiger partial charge in [0.05, 0.1) is 0 Å². The molecular weight excluding hydrogens is 444 g/mol. The number of carbonyl (C=O) groups excluding carboxylic acids is 2. The minimum absolute atomic E-state index is 0.00959. The van der Waals surface area contributed by atoms with E-state index in [1.807, 2.05) is 36.4 Å². The van der Waals surface area contributed by atoms with Crippen LogP contribution in [0.3, 0.4) is 0 Å². The van der Waals surface area contributed by atoms with Gasteiger partial charge in [-0.3, -0.25) is 9.59 Å². The Balaban J connectivity index is 1.36. The Bertz CT molecular complexity index is 1020. The van der Waals surface area contributed by atoms with Gasteiger partial charge in [0.2, 0.25) is 5.91 Å². The maximum atomic E-state index is 12.9. The molecule has 0 spiro atoms. The number of fused-ring (bicyclic) bond motifs is 3. The summed E-state index contributed by atoms with van der Waals surface area (Å²) in [4.78, 5) is 36.7. The Hall–Kier alpha value is -3.35. The van der Waals surface area contributed by atoms with Crippen LogP contribution in [0.25, 0.3) is 11.1 Å². The largest absolute Gasteiger partial charge is 0.481 e. The van der Waals surface area contributed by atoms with Crippen molar-refractivity contribution in [3.63, 3.8) is 0 Å². The van der Waals surface area contributed by atoms with Crippen LogP contribution in [0.4, 0.5) is 4.79 Å². The molecule has 7 nitrogen and oxygen atoms in total. The molecule has 2 aromatic rings. The number of carboxylic acid groups (broad SMARTS) is 1. The van der Waals surface area contributed by atoms with Crippen LogP contribution in [0.2, 0.25) is 0 Å². The molecule has 2 aliphatic carbocycles. The molecule has 0 aliphatic heterocycles. The fourth-order valence-electron chi connectivity index (χ4n) is 5.34. The first-order valence-corrected chi connectivity index (χ1v) is 12.6. The van der Waals surface area contributed by atoms with E-state index in [0.717, 1.165) is 54.4 Å². The lowest BCUT2D eigenvalue weighted by Gasteiger charge is -2.29. The van der Waals surface area contributed by atoms with Crippen LogP contribution in [0.15, 0.2) is 48.5 Å². The number of amides is 2. The molecule has 2 amide bonds. The number of aliphatic carboxylic acids is 1. The first-order valence-electron chi connectivity index (χ1n) is 12.6. The second kappa shape index (κ2) is 11.4. The predicted molar refractivity (Wildman–Crippen MR) is 133 cm³/mol. The number of hydrogen-bond acceptors (Lipinski definition) is 4. The van der Waals surface area contributed by atoms with Crippen molar-refractivity contribution >= 4 is 18.0 Å². The van der Waals surface area contributed by atoms with E-state index in [9.17, 15) is 14.4 Å². The zero-order valence-corrected chi connectivity index (χ0v) is 20.2. The molecular formula is C28H34N2O5. The third-order valence-corrected chi connectivity index (χ3v) is 7.37. The summed E-state index contributed by atoms with van der Waals surface area (Å²) in [5.41, 5.74) is 4.47. The summed E-state index contributed by atoms with van der Waals surface area (Å²) < 4.78 is 5.57. The van der Waals surface area contributed by atoms with Crippen molar-refractivity contribution < 1.29 is 24.2 Å². The predicted octanol–water partition coefficient (Wildman–Crippen LogP) is 4.84. The summed E-state index contributed by atoms with van der Waals surface area (Å²) in [5, 5.41) is 14.7. The summed E-state index contributed by atoms with van der Waals surface area (Å²) in [6.45, 7) is 2.32.